The summed E-state index contributed by atoms with van der Waals surface area (Å²) in [6.45, 7) is 0. The molecule has 18 heavy (non-hydrogen) atoms. The van der Waals surface area contributed by atoms with E-state index in [4.69, 9.17) is 5.26 Å². The molecule has 1 heterocycles. The van der Waals surface area contributed by atoms with Gasteiger partial charge in [-0.15, -0.1) is 0 Å². The average Bonchev–Trinajstić information content (AvgIpc) is 3.12. The second kappa shape index (κ2) is 3.42. The second-order valence-corrected chi connectivity index (χ2v) is 5.00. The summed E-state index contributed by atoms with van der Waals surface area (Å²) >= 11 is 0. The van der Waals surface area contributed by atoms with Crippen molar-refractivity contribution in [3.05, 3.63) is 29.3 Å². The molecule has 3 rings (SSSR count). The molecule has 1 saturated carbocycles. The van der Waals surface area contributed by atoms with Crippen molar-refractivity contribution >= 4 is 17.4 Å². The monoisotopic (exact) mass is 240 g/mol. The van der Waals surface area contributed by atoms with Gasteiger partial charge in [0.2, 0.25) is 5.91 Å². The van der Waals surface area contributed by atoms with Crippen molar-refractivity contribution in [2.45, 2.75) is 19.3 Å². The quantitative estimate of drug-likeness (QED) is 0.739. The van der Waals surface area contributed by atoms with Gasteiger partial charge in [0, 0.05) is 18.3 Å². The van der Waals surface area contributed by atoms with Crippen LogP contribution < -0.4 is 4.90 Å². The maximum Gasteiger partial charge on any atom is 0.231 e. The number of Topliss-reactive ketones (excluding diaryl/α,β-unsaturated/α-hetero) is 1. The van der Waals surface area contributed by atoms with Crippen LogP contribution in [-0.4, -0.2) is 18.7 Å². The van der Waals surface area contributed by atoms with E-state index in [1.807, 2.05) is 0 Å². The zero-order chi connectivity index (χ0) is 12.9. The number of hydrogen-bond acceptors (Lipinski definition) is 3. The number of anilines is 1. The van der Waals surface area contributed by atoms with Gasteiger partial charge in [-0.2, -0.15) is 5.26 Å². The van der Waals surface area contributed by atoms with Crippen LogP contribution in [0.1, 0.15) is 28.8 Å². The van der Waals surface area contributed by atoms with Gasteiger partial charge in [0.25, 0.3) is 0 Å². The lowest BCUT2D eigenvalue weighted by molar-refractivity contribution is -0.117. The highest BCUT2D eigenvalue weighted by Crippen LogP contribution is 2.47. The smallest absolute Gasteiger partial charge is 0.231 e. The number of carbonyl (C=O) groups is 2. The van der Waals surface area contributed by atoms with Gasteiger partial charge in [-0.05, 0) is 36.6 Å². The Hall–Kier alpha value is -2.15. The topological polar surface area (TPSA) is 61.2 Å². The first-order valence-electron chi connectivity index (χ1n) is 5.93. The van der Waals surface area contributed by atoms with Crippen molar-refractivity contribution < 1.29 is 9.59 Å². The fourth-order valence-electron chi connectivity index (χ4n) is 2.40. The van der Waals surface area contributed by atoms with Crippen LogP contribution in [0, 0.1) is 16.7 Å². The molecule has 90 valence electrons. The zero-order valence-corrected chi connectivity index (χ0v) is 10.1. The van der Waals surface area contributed by atoms with Gasteiger partial charge >= 0.3 is 0 Å². The summed E-state index contributed by atoms with van der Waals surface area (Å²) in [4.78, 5) is 25.4. The van der Waals surface area contributed by atoms with Crippen LogP contribution in [0.2, 0.25) is 0 Å². The Balaban J connectivity index is 1.98. The fourth-order valence-corrected chi connectivity index (χ4v) is 2.40. The maximum atomic E-state index is 12.2. The Kier molecular flexibility index (Phi) is 2.09. The third-order valence-electron chi connectivity index (χ3n) is 3.82. The highest BCUT2D eigenvalue weighted by Gasteiger charge is 2.50. The number of ketones is 1. The molecule has 4 nitrogen and oxygen atoms in total. The molecule has 0 radical (unpaired) electrons. The maximum absolute atomic E-state index is 12.2. The number of amides is 1. The van der Waals surface area contributed by atoms with E-state index in [9.17, 15) is 9.59 Å². The lowest BCUT2D eigenvalue weighted by Crippen LogP contribution is -2.20. The molecule has 1 fully saturated rings. The molecule has 0 aromatic heterocycles. The molecule has 1 aliphatic carbocycles. The summed E-state index contributed by atoms with van der Waals surface area (Å²) in [7, 11) is 1.73. The molecule has 0 N–H and O–H groups in total. The number of rotatable bonds is 2. The van der Waals surface area contributed by atoms with Gasteiger partial charge in [-0.25, -0.2) is 0 Å². The summed E-state index contributed by atoms with van der Waals surface area (Å²) in [6.07, 6.45) is 1.64. The lowest BCUT2D eigenvalue weighted by atomic mass is 9.94. The van der Waals surface area contributed by atoms with E-state index in [0.717, 1.165) is 11.3 Å². The number of carbonyl (C=O) groups excluding carboxylic acids is 2. The Labute approximate surface area is 105 Å². The predicted molar refractivity (Wildman–Crippen MR) is 65.2 cm³/mol. The van der Waals surface area contributed by atoms with E-state index < -0.39 is 5.41 Å². The highest BCUT2D eigenvalue weighted by atomic mass is 16.2. The van der Waals surface area contributed by atoms with Crippen LogP contribution >= 0.6 is 0 Å². The van der Waals surface area contributed by atoms with Crippen molar-refractivity contribution in [2.75, 3.05) is 11.9 Å². The minimum Gasteiger partial charge on any atom is -0.315 e. The molecule has 0 spiro atoms. The van der Waals surface area contributed by atoms with E-state index >= 15 is 0 Å². The summed E-state index contributed by atoms with van der Waals surface area (Å²) in [5.74, 6) is -0.0641. The van der Waals surface area contributed by atoms with E-state index in [-0.39, 0.29) is 11.7 Å². The highest BCUT2D eigenvalue weighted by molar-refractivity contribution is 6.06. The first kappa shape index (κ1) is 11.0. The normalized spacial score (nSPS) is 19.3. The van der Waals surface area contributed by atoms with Gasteiger partial charge in [-0.3, -0.25) is 9.59 Å². The Morgan fingerprint density at radius 1 is 1.44 bits per heavy atom. The number of benzene rings is 1. The minimum absolute atomic E-state index is 0.0380. The zero-order valence-electron chi connectivity index (χ0n) is 10.1. The van der Waals surface area contributed by atoms with Crippen LogP contribution in [-0.2, 0) is 11.2 Å². The van der Waals surface area contributed by atoms with Crippen LogP contribution in [0.3, 0.4) is 0 Å². The molecular formula is C14H12N2O2. The van der Waals surface area contributed by atoms with Crippen molar-refractivity contribution in [1.82, 2.24) is 0 Å². The van der Waals surface area contributed by atoms with Crippen molar-refractivity contribution in [3.63, 3.8) is 0 Å². The Bertz CT molecular complexity index is 609. The minimum atomic E-state index is -0.789. The van der Waals surface area contributed by atoms with Gasteiger partial charge in [0.05, 0.1) is 12.5 Å². The van der Waals surface area contributed by atoms with Gasteiger partial charge < -0.3 is 4.90 Å². The third kappa shape index (κ3) is 1.37. The van der Waals surface area contributed by atoms with Crippen molar-refractivity contribution in [1.29, 1.82) is 5.26 Å². The van der Waals surface area contributed by atoms with Gasteiger partial charge in [0.15, 0.2) is 5.78 Å². The molecular weight excluding hydrogens is 228 g/mol. The summed E-state index contributed by atoms with van der Waals surface area (Å²) < 4.78 is 0. The summed E-state index contributed by atoms with van der Waals surface area (Å²) in [5.41, 5.74) is 1.50. The van der Waals surface area contributed by atoms with E-state index in [2.05, 4.69) is 6.07 Å². The van der Waals surface area contributed by atoms with Crippen LogP contribution in [0.25, 0.3) is 0 Å². The second-order valence-electron chi connectivity index (χ2n) is 5.00. The molecule has 1 aromatic rings. The third-order valence-corrected chi connectivity index (χ3v) is 3.82. The Morgan fingerprint density at radius 3 is 2.78 bits per heavy atom. The molecule has 4 heteroatoms. The number of likely N-dealkylation sites (N-methyl/N-ethyl adjacent to an activating group) is 1. The molecule has 0 atom stereocenters. The number of nitriles is 1. The van der Waals surface area contributed by atoms with Gasteiger partial charge in [0.1, 0.15) is 5.41 Å². The predicted octanol–water partition coefficient (Wildman–Crippen LogP) is 1.69. The van der Waals surface area contributed by atoms with E-state index in [0.29, 0.717) is 24.8 Å². The summed E-state index contributed by atoms with van der Waals surface area (Å²) in [5, 5.41) is 9.03. The average molecular weight is 240 g/mol. The van der Waals surface area contributed by atoms with Crippen molar-refractivity contribution in [3.8, 4) is 6.07 Å². The molecule has 0 saturated heterocycles. The molecule has 1 amide bonds. The Morgan fingerprint density at radius 2 is 2.17 bits per heavy atom. The van der Waals surface area contributed by atoms with Gasteiger partial charge in [-0.1, -0.05) is 0 Å². The van der Waals surface area contributed by atoms with Crippen LogP contribution in [0.15, 0.2) is 18.2 Å². The van der Waals surface area contributed by atoms with E-state index in [1.165, 1.54) is 0 Å². The fraction of sp³-hybridized carbons (Fsp3) is 0.357. The molecule has 0 bridgehead atoms. The van der Waals surface area contributed by atoms with Crippen LogP contribution in [0.5, 0.6) is 0 Å². The summed E-state index contributed by atoms with van der Waals surface area (Å²) in [6, 6.07) is 7.38. The largest absolute Gasteiger partial charge is 0.315 e. The molecule has 1 aliphatic heterocycles. The van der Waals surface area contributed by atoms with Crippen molar-refractivity contribution in [2.24, 2.45) is 5.41 Å². The van der Waals surface area contributed by atoms with Crippen LogP contribution in [0.4, 0.5) is 5.69 Å². The molecule has 2 aliphatic rings. The number of hydrogen-bond donors (Lipinski definition) is 0. The van der Waals surface area contributed by atoms with E-state index in [1.54, 1.807) is 30.1 Å². The number of nitrogens with zero attached hydrogens (tertiary/aromatic N) is 2. The number of fused-ring (bicyclic) bond motifs is 1. The first-order valence-corrected chi connectivity index (χ1v) is 5.93. The molecule has 1 aromatic carbocycles. The molecule has 0 unspecified atom stereocenters. The SMILES string of the molecule is CN1C(=O)Cc2cc(C(=O)C3(C#N)CC3)ccc21. The first-order chi connectivity index (χ1) is 8.57. The lowest BCUT2D eigenvalue weighted by Gasteiger charge is -2.11. The standard InChI is InChI=1S/C14H12N2O2/c1-16-11-3-2-9(6-10(11)7-12(16)17)13(18)14(8-15)4-5-14/h2-3,6H,4-5,7H2,1H3.